The summed E-state index contributed by atoms with van der Waals surface area (Å²) >= 11 is 6.64. The van der Waals surface area contributed by atoms with Crippen LogP contribution in [0.3, 0.4) is 0 Å². The normalized spacial score (nSPS) is 18.2. The third kappa shape index (κ3) is 5.25. The monoisotopic (exact) mass is 424 g/mol. The molecule has 3 nitrogen and oxygen atoms in total. The number of hydrogen-bond donors (Lipinski definition) is 1. The Kier molecular flexibility index (Phi) is 7.12. The molecule has 2 fully saturated rings. The average Bonchev–Trinajstić information content (AvgIpc) is 2.75. The molecule has 1 N–H and O–H groups in total. The molecule has 1 heterocycles. The number of carbonyl (C=O) groups excluding carboxylic acids is 1. The molecule has 1 saturated heterocycles. The highest BCUT2D eigenvalue weighted by molar-refractivity contribution is 6.31. The van der Waals surface area contributed by atoms with Gasteiger partial charge in [-0.3, -0.25) is 9.69 Å². The lowest BCUT2D eigenvalue weighted by atomic mass is 9.83. The number of aryl methyl sites for hydroxylation is 2. The van der Waals surface area contributed by atoms with Crippen molar-refractivity contribution < 1.29 is 4.79 Å². The van der Waals surface area contributed by atoms with Crippen molar-refractivity contribution in [3.8, 4) is 0 Å². The Hall–Kier alpha value is -1.84. The first-order chi connectivity index (χ1) is 14.6. The van der Waals surface area contributed by atoms with Crippen LogP contribution in [-0.4, -0.2) is 30.9 Å². The maximum absolute atomic E-state index is 11.6. The second-order valence-corrected chi connectivity index (χ2v) is 9.42. The third-order valence-electron chi connectivity index (χ3n) is 6.82. The Morgan fingerprint density at radius 3 is 2.27 bits per heavy atom. The largest absolute Gasteiger partial charge is 0.359 e. The summed E-state index contributed by atoms with van der Waals surface area (Å²) in [5.74, 6) is 0.977. The molecule has 0 atom stereocenters. The first-order valence-electron chi connectivity index (χ1n) is 11.4. The minimum Gasteiger partial charge on any atom is -0.359 e. The van der Waals surface area contributed by atoms with Crippen LogP contribution in [0.25, 0.3) is 0 Å². The number of amides is 1. The van der Waals surface area contributed by atoms with Gasteiger partial charge in [0.1, 0.15) is 0 Å². The van der Waals surface area contributed by atoms with Crippen molar-refractivity contribution in [2.75, 3.05) is 20.1 Å². The lowest BCUT2D eigenvalue weighted by molar-refractivity contribution is -0.129. The van der Waals surface area contributed by atoms with E-state index in [1.165, 1.54) is 54.4 Å². The molecule has 2 aliphatic rings. The van der Waals surface area contributed by atoms with Crippen molar-refractivity contribution in [1.29, 1.82) is 0 Å². The number of hydrogen-bond acceptors (Lipinski definition) is 2. The van der Waals surface area contributed by atoms with E-state index in [1.54, 1.807) is 7.05 Å². The third-order valence-corrected chi connectivity index (χ3v) is 7.14. The number of likely N-dealkylation sites (tertiary alicyclic amines) is 1. The first kappa shape index (κ1) is 21.4. The highest BCUT2D eigenvalue weighted by Crippen LogP contribution is 2.36. The van der Waals surface area contributed by atoms with Crippen molar-refractivity contribution in [3.63, 3.8) is 0 Å². The molecule has 4 heteroatoms. The molecule has 2 aromatic rings. The number of nitrogens with zero attached hydrogens (tertiary/aromatic N) is 1. The summed E-state index contributed by atoms with van der Waals surface area (Å²) in [6.07, 6.45) is 8.67. The number of benzene rings is 2. The maximum Gasteiger partial charge on any atom is 0.225 e. The Labute approximate surface area is 185 Å². The predicted molar refractivity (Wildman–Crippen MR) is 124 cm³/mol. The van der Waals surface area contributed by atoms with Gasteiger partial charge in [-0.05, 0) is 59.9 Å². The van der Waals surface area contributed by atoms with Crippen LogP contribution in [0.2, 0.25) is 5.02 Å². The van der Waals surface area contributed by atoms with E-state index in [0.717, 1.165) is 37.5 Å². The minimum atomic E-state index is 0.158. The molecule has 0 unspecified atom stereocenters. The second kappa shape index (κ2) is 9.98. The molecule has 1 amide bonds. The fraction of sp³-hybridized carbons (Fsp3) is 0.500. The number of carbonyl (C=O) groups is 1. The van der Waals surface area contributed by atoms with Crippen LogP contribution < -0.4 is 5.32 Å². The molecular formula is C26H33ClN2O. The van der Waals surface area contributed by atoms with Crippen molar-refractivity contribution in [1.82, 2.24) is 10.2 Å². The smallest absolute Gasteiger partial charge is 0.225 e. The van der Waals surface area contributed by atoms with E-state index in [4.69, 9.17) is 11.6 Å². The molecule has 0 aromatic heterocycles. The second-order valence-electron chi connectivity index (χ2n) is 9.01. The summed E-state index contributed by atoms with van der Waals surface area (Å²) in [7, 11) is 1.71. The molecule has 30 heavy (non-hydrogen) atoms. The van der Waals surface area contributed by atoms with E-state index in [-0.39, 0.29) is 11.8 Å². The summed E-state index contributed by atoms with van der Waals surface area (Å²) in [5, 5.41) is 3.69. The van der Waals surface area contributed by atoms with Crippen LogP contribution in [0.5, 0.6) is 0 Å². The highest BCUT2D eigenvalue weighted by atomic mass is 35.5. The fourth-order valence-electron chi connectivity index (χ4n) is 4.90. The summed E-state index contributed by atoms with van der Waals surface area (Å²) in [4.78, 5) is 13.9. The molecular weight excluding hydrogens is 392 g/mol. The van der Waals surface area contributed by atoms with Gasteiger partial charge in [-0.2, -0.15) is 0 Å². The van der Waals surface area contributed by atoms with Gasteiger partial charge >= 0.3 is 0 Å². The highest BCUT2D eigenvalue weighted by Gasteiger charge is 2.31. The standard InChI is InChI=1S/C26H33ClN2O/c1-28-26(30)23-17-29(18-23)16-21-11-8-19(9-12-21)7-10-20-13-14-24(25(27)15-20)22-5-3-2-4-6-22/h8-9,11-15,22-23H,2-7,10,16-18H2,1H3,(H,28,30). The summed E-state index contributed by atoms with van der Waals surface area (Å²) in [6, 6.07) is 15.7. The van der Waals surface area contributed by atoms with E-state index < -0.39 is 0 Å². The maximum atomic E-state index is 11.6. The van der Waals surface area contributed by atoms with Gasteiger partial charge in [0.15, 0.2) is 0 Å². The molecule has 0 spiro atoms. The lowest BCUT2D eigenvalue weighted by Gasteiger charge is -2.38. The topological polar surface area (TPSA) is 32.3 Å². The predicted octanol–water partition coefficient (Wildman–Crippen LogP) is 5.35. The molecule has 2 aromatic carbocycles. The average molecular weight is 425 g/mol. The Morgan fingerprint density at radius 2 is 1.60 bits per heavy atom. The summed E-state index contributed by atoms with van der Waals surface area (Å²) < 4.78 is 0. The van der Waals surface area contributed by atoms with Crippen molar-refractivity contribution in [2.24, 2.45) is 5.92 Å². The van der Waals surface area contributed by atoms with Crippen LogP contribution >= 0.6 is 11.6 Å². The van der Waals surface area contributed by atoms with Crippen LogP contribution in [0.1, 0.15) is 60.3 Å². The molecule has 1 aliphatic carbocycles. The zero-order valence-corrected chi connectivity index (χ0v) is 18.8. The quantitative estimate of drug-likeness (QED) is 0.649. The zero-order valence-electron chi connectivity index (χ0n) is 18.0. The molecule has 0 bridgehead atoms. The van der Waals surface area contributed by atoms with Gasteiger partial charge in [0.25, 0.3) is 0 Å². The van der Waals surface area contributed by atoms with Gasteiger partial charge in [-0.15, -0.1) is 0 Å². The van der Waals surface area contributed by atoms with Crippen LogP contribution in [-0.2, 0) is 24.2 Å². The van der Waals surface area contributed by atoms with Crippen LogP contribution in [0, 0.1) is 5.92 Å². The van der Waals surface area contributed by atoms with Crippen molar-refractivity contribution in [3.05, 3.63) is 69.7 Å². The fourth-order valence-corrected chi connectivity index (χ4v) is 5.26. The van der Waals surface area contributed by atoms with Gasteiger partial charge < -0.3 is 5.32 Å². The van der Waals surface area contributed by atoms with E-state index in [2.05, 4.69) is 52.7 Å². The molecule has 160 valence electrons. The molecule has 1 aliphatic heterocycles. The first-order valence-corrected chi connectivity index (χ1v) is 11.8. The minimum absolute atomic E-state index is 0.158. The lowest BCUT2D eigenvalue weighted by Crippen LogP contribution is -2.52. The van der Waals surface area contributed by atoms with Gasteiger partial charge in [-0.1, -0.05) is 67.3 Å². The van der Waals surface area contributed by atoms with Gasteiger partial charge in [0.2, 0.25) is 5.91 Å². The zero-order chi connectivity index (χ0) is 20.9. The van der Waals surface area contributed by atoms with E-state index in [9.17, 15) is 4.79 Å². The number of halogens is 1. The van der Waals surface area contributed by atoms with Gasteiger partial charge in [0, 0.05) is 31.7 Å². The van der Waals surface area contributed by atoms with Crippen LogP contribution in [0.15, 0.2) is 42.5 Å². The van der Waals surface area contributed by atoms with Gasteiger partial charge in [-0.25, -0.2) is 0 Å². The SMILES string of the molecule is CNC(=O)C1CN(Cc2ccc(CCc3ccc(C4CCCCC4)c(Cl)c3)cc2)C1. The van der Waals surface area contributed by atoms with Crippen LogP contribution in [0.4, 0.5) is 0 Å². The Balaban J connectivity index is 1.26. The summed E-state index contributed by atoms with van der Waals surface area (Å²) in [6.45, 7) is 2.64. The van der Waals surface area contributed by atoms with Crippen molar-refractivity contribution in [2.45, 2.75) is 57.4 Å². The molecule has 4 rings (SSSR count). The number of nitrogens with one attached hydrogen (secondary N) is 1. The van der Waals surface area contributed by atoms with Crippen molar-refractivity contribution >= 4 is 17.5 Å². The Bertz CT molecular complexity index is 852. The Morgan fingerprint density at radius 1 is 0.967 bits per heavy atom. The van der Waals surface area contributed by atoms with E-state index in [1.807, 2.05) is 0 Å². The summed E-state index contributed by atoms with van der Waals surface area (Å²) in [5.41, 5.74) is 5.35. The van der Waals surface area contributed by atoms with E-state index in [0.29, 0.717) is 5.92 Å². The number of rotatable bonds is 7. The molecule has 1 saturated carbocycles. The van der Waals surface area contributed by atoms with E-state index >= 15 is 0 Å². The van der Waals surface area contributed by atoms with Gasteiger partial charge in [0.05, 0.1) is 5.92 Å². The molecule has 0 radical (unpaired) electrons.